The number of aliphatic hydroxyl groups is 10. The molecule has 2 rings (SSSR count). The summed E-state index contributed by atoms with van der Waals surface area (Å²) < 4.78 is 0. The molecule has 1 fully saturated rings. The second kappa shape index (κ2) is 3.64. The van der Waals surface area contributed by atoms with Crippen LogP contribution in [0.1, 0.15) is 0 Å². The molecular weight excluding hydrogens is 280 g/mol. The van der Waals surface area contributed by atoms with Gasteiger partial charge in [0.05, 0.1) is 0 Å². The monoisotopic (exact) mass is 294 g/mol. The van der Waals surface area contributed by atoms with Crippen LogP contribution in [0.3, 0.4) is 0 Å². The molecule has 10 nitrogen and oxygen atoms in total. The zero-order valence-electron chi connectivity index (χ0n) is 9.78. The molecular formula is C10H14O10. The molecule has 10 heteroatoms. The van der Waals surface area contributed by atoms with E-state index in [1.807, 2.05) is 0 Å². The van der Waals surface area contributed by atoms with Gasteiger partial charge in [0.1, 0.15) is 6.10 Å². The number of hydrogen-bond acceptors (Lipinski definition) is 10. The van der Waals surface area contributed by atoms with Crippen LogP contribution >= 0.6 is 0 Å². The van der Waals surface area contributed by atoms with E-state index in [-0.39, 0.29) is 0 Å². The standard InChI is InChI=1S/C10H14O10/c11-5-3-1-2-4-6(5,12)8(15,16)10(19,20)9(17,18)7(4,13)14/h1-3,5,11-20H. The normalized spacial score (nSPS) is 39.9. The minimum Gasteiger partial charge on any atom is -0.385 e. The second-order valence-electron chi connectivity index (χ2n) is 4.87. The molecule has 0 aromatic carbocycles. The van der Waals surface area contributed by atoms with E-state index < -0.39 is 40.4 Å². The van der Waals surface area contributed by atoms with E-state index in [1.54, 1.807) is 0 Å². The van der Waals surface area contributed by atoms with E-state index in [0.29, 0.717) is 6.08 Å². The molecule has 0 bridgehead atoms. The van der Waals surface area contributed by atoms with Gasteiger partial charge in [-0.2, -0.15) is 0 Å². The molecule has 2 unspecified atom stereocenters. The molecule has 0 aromatic rings. The first-order valence-corrected chi connectivity index (χ1v) is 5.35. The summed E-state index contributed by atoms with van der Waals surface area (Å²) in [5.74, 6) is -16.8. The fourth-order valence-corrected chi connectivity index (χ4v) is 2.40. The van der Waals surface area contributed by atoms with Crippen molar-refractivity contribution in [2.75, 3.05) is 0 Å². The highest BCUT2D eigenvalue weighted by Gasteiger charge is 2.84. The topological polar surface area (TPSA) is 202 Å². The van der Waals surface area contributed by atoms with Gasteiger partial charge in [-0.05, 0) is 0 Å². The number of hydrogen-bond donors (Lipinski definition) is 10. The first-order chi connectivity index (χ1) is 8.76. The number of rotatable bonds is 0. The van der Waals surface area contributed by atoms with Gasteiger partial charge < -0.3 is 51.1 Å². The van der Waals surface area contributed by atoms with Crippen LogP contribution in [0.5, 0.6) is 0 Å². The predicted octanol–water partition coefficient (Wildman–Crippen LogP) is -5.69. The van der Waals surface area contributed by atoms with Crippen LogP contribution in [0, 0.1) is 0 Å². The molecule has 0 saturated heterocycles. The predicted molar refractivity (Wildman–Crippen MR) is 56.9 cm³/mol. The van der Waals surface area contributed by atoms with Crippen molar-refractivity contribution in [3.05, 3.63) is 23.8 Å². The minimum absolute atomic E-state index is 0.643. The maximum atomic E-state index is 10.2. The maximum Gasteiger partial charge on any atom is 0.284 e. The van der Waals surface area contributed by atoms with Gasteiger partial charge in [0.15, 0.2) is 5.60 Å². The summed E-state index contributed by atoms with van der Waals surface area (Å²) in [5, 5.41) is 96.6. The van der Waals surface area contributed by atoms with Crippen LogP contribution in [0.15, 0.2) is 23.8 Å². The molecule has 0 aromatic heterocycles. The van der Waals surface area contributed by atoms with E-state index in [1.165, 1.54) is 0 Å². The van der Waals surface area contributed by atoms with Crippen molar-refractivity contribution >= 4 is 0 Å². The van der Waals surface area contributed by atoms with Crippen LogP contribution in [-0.2, 0) is 0 Å². The smallest absolute Gasteiger partial charge is 0.284 e. The third kappa shape index (κ3) is 1.27. The molecule has 0 radical (unpaired) electrons. The Morgan fingerprint density at radius 1 is 0.750 bits per heavy atom. The second-order valence-corrected chi connectivity index (χ2v) is 4.87. The third-order valence-electron chi connectivity index (χ3n) is 3.76. The van der Waals surface area contributed by atoms with Gasteiger partial charge in [-0.1, -0.05) is 18.2 Å². The zero-order valence-corrected chi connectivity index (χ0v) is 9.78. The highest BCUT2D eigenvalue weighted by molar-refractivity contribution is 5.45. The van der Waals surface area contributed by atoms with E-state index in [0.717, 1.165) is 12.2 Å². The van der Waals surface area contributed by atoms with E-state index in [4.69, 9.17) is 0 Å². The summed E-state index contributed by atoms with van der Waals surface area (Å²) in [6, 6.07) is 0. The first-order valence-electron chi connectivity index (χ1n) is 5.35. The summed E-state index contributed by atoms with van der Waals surface area (Å²) in [6.07, 6.45) is 0.151. The largest absolute Gasteiger partial charge is 0.385 e. The molecule has 0 heterocycles. The lowest BCUT2D eigenvalue weighted by molar-refractivity contribution is -0.540. The summed E-state index contributed by atoms with van der Waals surface area (Å²) in [5.41, 5.74) is -4.68. The number of allylic oxidation sites excluding steroid dienone is 2. The Hall–Kier alpha value is -0.920. The van der Waals surface area contributed by atoms with Crippen LogP contribution in [0.4, 0.5) is 0 Å². The summed E-state index contributed by atoms with van der Waals surface area (Å²) in [7, 11) is 0. The SMILES string of the molecule is OC1C=CC=C2C(O)(O)C(O)(O)C(O)(O)C(O)(O)C21O. The third-order valence-corrected chi connectivity index (χ3v) is 3.76. The Morgan fingerprint density at radius 3 is 1.75 bits per heavy atom. The van der Waals surface area contributed by atoms with Crippen LogP contribution in [0.2, 0.25) is 0 Å². The fourth-order valence-electron chi connectivity index (χ4n) is 2.40. The van der Waals surface area contributed by atoms with Crippen molar-refractivity contribution in [2.24, 2.45) is 0 Å². The average Bonchev–Trinajstić information content (AvgIpc) is 2.30. The van der Waals surface area contributed by atoms with Gasteiger partial charge in [0, 0.05) is 5.57 Å². The molecule has 1 saturated carbocycles. The van der Waals surface area contributed by atoms with Crippen LogP contribution < -0.4 is 0 Å². The molecule has 2 atom stereocenters. The molecule has 2 aliphatic rings. The number of aliphatic hydroxyl groups excluding tert-OH is 1. The Balaban J connectivity index is 2.84. The molecule has 0 spiro atoms. The molecule has 0 aliphatic heterocycles. The Bertz CT molecular complexity index is 502. The van der Waals surface area contributed by atoms with Crippen molar-refractivity contribution < 1.29 is 51.1 Å². The van der Waals surface area contributed by atoms with Gasteiger partial charge in [-0.15, -0.1) is 0 Å². The maximum absolute atomic E-state index is 10.2. The molecule has 10 N–H and O–H groups in total. The Kier molecular flexibility index (Phi) is 2.81. The average molecular weight is 294 g/mol. The van der Waals surface area contributed by atoms with Crippen molar-refractivity contribution in [3.63, 3.8) is 0 Å². The van der Waals surface area contributed by atoms with Gasteiger partial charge in [0.2, 0.25) is 0 Å². The molecule has 0 amide bonds. The summed E-state index contributed by atoms with van der Waals surface area (Å²) >= 11 is 0. The quantitative estimate of drug-likeness (QED) is 0.192. The summed E-state index contributed by atoms with van der Waals surface area (Å²) in [6.45, 7) is 0. The van der Waals surface area contributed by atoms with Crippen LogP contribution in [0.25, 0.3) is 0 Å². The van der Waals surface area contributed by atoms with Gasteiger partial charge in [-0.3, -0.25) is 0 Å². The highest BCUT2D eigenvalue weighted by atomic mass is 16.7. The lowest BCUT2D eigenvalue weighted by atomic mass is 9.61. The number of fused-ring (bicyclic) bond motifs is 1. The molecule has 2 aliphatic carbocycles. The lowest BCUT2D eigenvalue weighted by Crippen LogP contribution is -2.89. The van der Waals surface area contributed by atoms with Crippen molar-refractivity contribution in [2.45, 2.75) is 34.9 Å². The summed E-state index contributed by atoms with van der Waals surface area (Å²) in [4.78, 5) is 0. The van der Waals surface area contributed by atoms with E-state index >= 15 is 0 Å². The molecule has 114 valence electrons. The highest BCUT2D eigenvalue weighted by Crippen LogP contribution is 2.54. The van der Waals surface area contributed by atoms with Crippen molar-refractivity contribution in [1.82, 2.24) is 0 Å². The Morgan fingerprint density at radius 2 is 1.25 bits per heavy atom. The van der Waals surface area contributed by atoms with Crippen LogP contribution in [-0.4, -0.2) is 85.9 Å². The molecule has 20 heavy (non-hydrogen) atoms. The lowest BCUT2D eigenvalue weighted by Gasteiger charge is -2.60. The van der Waals surface area contributed by atoms with E-state index in [2.05, 4.69) is 0 Å². The van der Waals surface area contributed by atoms with Crippen molar-refractivity contribution in [3.8, 4) is 0 Å². The first kappa shape index (κ1) is 15.5. The van der Waals surface area contributed by atoms with Gasteiger partial charge in [-0.25, -0.2) is 0 Å². The minimum atomic E-state index is -4.43. The van der Waals surface area contributed by atoms with Gasteiger partial charge in [0.25, 0.3) is 23.1 Å². The Labute approximate surface area is 111 Å². The van der Waals surface area contributed by atoms with Gasteiger partial charge >= 0.3 is 0 Å². The van der Waals surface area contributed by atoms with Crippen molar-refractivity contribution in [1.29, 1.82) is 0 Å². The zero-order chi connectivity index (χ0) is 15.8. The van der Waals surface area contributed by atoms with E-state index in [9.17, 15) is 51.1 Å². The fraction of sp³-hybridized carbons (Fsp3) is 0.600.